The lowest BCUT2D eigenvalue weighted by Gasteiger charge is -2.26. The standard InChI is InChI=1S/C13H21N3O2/c14-12-2-1-3-13(17)11(12)10-15-4-5-16-6-8-18-9-7-16/h1-3,15,17H,4-10,14H2. The van der Waals surface area contributed by atoms with Crippen LogP contribution in [-0.4, -0.2) is 49.4 Å². The minimum atomic E-state index is 0.258. The highest BCUT2D eigenvalue weighted by molar-refractivity contribution is 5.53. The molecule has 1 aromatic rings. The third-order valence-electron chi connectivity index (χ3n) is 3.20. The van der Waals surface area contributed by atoms with Crippen LogP contribution in [0.25, 0.3) is 0 Å². The summed E-state index contributed by atoms with van der Waals surface area (Å²) in [4.78, 5) is 2.37. The number of phenols is 1. The van der Waals surface area contributed by atoms with Crippen LogP contribution >= 0.6 is 0 Å². The molecule has 18 heavy (non-hydrogen) atoms. The maximum atomic E-state index is 9.69. The number of phenolic OH excluding ortho intramolecular Hbond substituents is 1. The number of hydrogen-bond donors (Lipinski definition) is 3. The van der Waals surface area contributed by atoms with Crippen LogP contribution in [0.15, 0.2) is 18.2 Å². The number of nitrogens with zero attached hydrogens (tertiary/aromatic N) is 1. The van der Waals surface area contributed by atoms with E-state index >= 15 is 0 Å². The molecule has 0 aromatic heterocycles. The lowest BCUT2D eigenvalue weighted by atomic mass is 10.1. The van der Waals surface area contributed by atoms with Gasteiger partial charge in [0.2, 0.25) is 0 Å². The Kier molecular flexibility index (Phi) is 4.81. The number of ether oxygens (including phenoxy) is 1. The summed E-state index contributed by atoms with van der Waals surface area (Å²) in [5.41, 5.74) is 7.23. The summed E-state index contributed by atoms with van der Waals surface area (Å²) in [6.07, 6.45) is 0. The zero-order valence-corrected chi connectivity index (χ0v) is 10.6. The van der Waals surface area contributed by atoms with Crippen molar-refractivity contribution >= 4 is 5.69 Å². The van der Waals surface area contributed by atoms with E-state index in [-0.39, 0.29) is 5.75 Å². The number of anilines is 1. The number of nitrogens with one attached hydrogen (secondary N) is 1. The fourth-order valence-electron chi connectivity index (χ4n) is 2.06. The number of hydrogen-bond acceptors (Lipinski definition) is 5. The molecule has 2 rings (SSSR count). The highest BCUT2D eigenvalue weighted by Gasteiger charge is 2.09. The maximum absolute atomic E-state index is 9.69. The highest BCUT2D eigenvalue weighted by atomic mass is 16.5. The van der Waals surface area contributed by atoms with E-state index in [0.717, 1.165) is 45.0 Å². The highest BCUT2D eigenvalue weighted by Crippen LogP contribution is 2.22. The molecule has 1 aliphatic heterocycles. The first-order chi connectivity index (χ1) is 8.77. The van der Waals surface area contributed by atoms with Crippen molar-refractivity contribution in [2.24, 2.45) is 0 Å². The van der Waals surface area contributed by atoms with Crippen LogP contribution in [0.5, 0.6) is 5.75 Å². The van der Waals surface area contributed by atoms with Gasteiger partial charge in [-0.25, -0.2) is 0 Å². The Labute approximate surface area is 108 Å². The zero-order valence-electron chi connectivity index (χ0n) is 10.6. The minimum absolute atomic E-state index is 0.258. The normalized spacial score (nSPS) is 16.9. The second-order valence-corrected chi connectivity index (χ2v) is 4.48. The summed E-state index contributed by atoms with van der Waals surface area (Å²) in [6, 6.07) is 5.22. The van der Waals surface area contributed by atoms with Gasteiger partial charge in [0.15, 0.2) is 0 Å². The average molecular weight is 251 g/mol. The molecule has 0 spiro atoms. The predicted octanol–water partition coefficient (Wildman–Crippen LogP) is 0.396. The van der Waals surface area contributed by atoms with E-state index in [0.29, 0.717) is 12.2 Å². The van der Waals surface area contributed by atoms with Gasteiger partial charge in [-0.1, -0.05) is 6.07 Å². The van der Waals surface area contributed by atoms with Gasteiger partial charge in [0.05, 0.1) is 13.2 Å². The largest absolute Gasteiger partial charge is 0.508 e. The Balaban J connectivity index is 1.71. The van der Waals surface area contributed by atoms with Crippen molar-refractivity contribution in [3.8, 4) is 5.75 Å². The summed E-state index contributed by atoms with van der Waals surface area (Å²) in [6.45, 7) is 6.13. The predicted molar refractivity (Wildman–Crippen MR) is 71.5 cm³/mol. The molecule has 1 saturated heterocycles. The van der Waals surface area contributed by atoms with E-state index in [1.807, 2.05) is 0 Å². The molecule has 0 unspecified atom stereocenters. The van der Waals surface area contributed by atoms with Crippen molar-refractivity contribution in [1.29, 1.82) is 0 Å². The van der Waals surface area contributed by atoms with Crippen molar-refractivity contribution in [2.75, 3.05) is 45.1 Å². The van der Waals surface area contributed by atoms with Gasteiger partial charge < -0.3 is 20.9 Å². The van der Waals surface area contributed by atoms with Crippen molar-refractivity contribution in [3.05, 3.63) is 23.8 Å². The molecule has 0 aliphatic carbocycles. The van der Waals surface area contributed by atoms with Crippen molar-refractivity contribution in [3.63, 3.8) is 0 Å². The second-order valence-electron chi connectivity index (χ2n) is 4.48. The number of nitrogens with two attached hydrogens (primary N) is 1. The summed E-state index contributed by atoms with van der Waals surface area (Å²) >= 11 is 0. The van der Waals surface area contributed by atoms with Gasteiger partial charge in [-0.15, -0.1) is 0 Å². The van der Waals surface area contributed by atoms with Crippen molar-refractivity contribution < 1.29 is 9.84 Å². The summed E-state index contributed by atoms with van der Waals surface area (Å²) in [5, 5.41) is 13.0. The number of aromatic hydroxyl groups is 1. The average Bonchev–Trinajstić information content (AvgIpc) is 2.38. The van der Waals surface area contributed by atoms with Crippen LogP contribution in [-0.2, 0) is 11.3 Å². The minimum Gasteiger partial charge on any atom is -0.508 e. The molecular weight excluding hydrogens is 230 g/mol. The van der Waals surface area contributed by atoms with Gasteiger partial charge >= 0.3 is 0 Å². The SMILES string of the molecule is Nc1cccc(O)c1CNCCN1CCOCC1. The number of nitrogen functional groups attached to an aromatic ring is 1. The monoisotopic (exact) mass is 251 g/mol. The molecule has 5 heteroatoms. The van der Waals surface area contributed by atoms with Gasteiger partial charge in [0, 0.05) is 44.0 Å². The van der Waals surface area contributed by atoms with Crippen LogP contribution in [0.2, 0.25) is 0 Å². The summed E-state index contributed by atoms with van der Waals surface area (Å²) in [7, 11) is 0. The number of morpholine rings is 1. The van der Waals surface area contributed by atoms with Gasteiger partial charge in [-0.2, -0.15) is 0 Å². The maximum Gasteiger partial charge on any atom is 0.122 e. The van der Waals surface area contributed by atoms with Gasteiger partial charge in [0.25, 0.3) is 0 Å². The molecule has 5 nitrogen and oxygen atoms in total. The van der Waals surface area contributed by atoms with E-state index in [9.17, 15) is 5.11 Å². The number of rotatable bonds is 5. The Morgan fingerprint density at radius 2 is 2.11 bits per heavy atom. The fourth-order valence-corrected chi connectivity index (χ4v) is 2.06. The molecule has 0 bridgehead atoms. The van der Waals surface area contributed by atoms with Crippen LogP contribution < -0.4 is 11.1 Å². The molecule has 1 aliphatic rings. The van der Waals surface area contributed by atoms with E-state index in [2.05, 4.69) is 10.2 Å². The molecule has 100 valence electrons. The van der Waals surface area contributed by atoms with Crippen molar-refractivity contribution in [2.45, 2.75) is 6.54 Å². The van der Waals surface area contributed by atoms with Crippen LogP contribution in [0.1, 0.15) is 5.56 Å². The van der Waals surface area contributed by atoms with Gasteiger partial charge in [0.1, 0.15) is 5.75 Å². The van der Waals surface area contributed by atoms with E-state index in [1.165, 1.54) is 0 Å². The fraction of sp³-hybridized carbons (Fsp3) is 0.538. The van der Waals surface area contributed by atoms with Gasteiger partial charge in [-0.3, -0.25) is 4.90 Å². The first kappa shape index (κ1) is 13.1. The van der Waals surface area contributed by atoms with Crippen molar-refractivity contribution in [1.82, 2.24) is 10.2 Å². The first-order valence-electron chi connectivity index (χ1n) is 6.34. The Hall–Kier alpha value is -1.30. The van der Waals surface area contributed by atoms with Crippen LogP contribution in [0.4, 0.5) is 5.69 Å². The van der Waals surface area contributed by atoms with E-state index < -0.39 is 0 Å². The topological polar surface area (TPSA) is 70.8 Å². The first-order valence-corrected chi connectivity index (χ1v) is 6.34. The lowest BCUT2D eigenvalue weighted by Crippen LogP contribution is -2.40. The molecule has 1 aromatic carbocycles. The molecule has 0 saturated carbocycles. The molecule has 1 fully saturated rings. The van der Waals surface area contributed by atoms with Crippen LogP contribution in [0, 0.1) is 0 Å². The molecular formula is C13H21N3O2. The number of benzene rings is 1. The zero-order chi connectivity index (χ0) is 12.8. The van der Waals surface area contributed by atoms with E-state index in [1.54, 1.807) is 18.2 Å². The van der Waals surface area contributed by atoms with E-state index in [4.69, 9.17) is 10.5 Å². The molecule has 0 atom stereocenters. The smallest absolute Gasteiger partial charge is 0.122 e. The second kappa shape index (κ2) is 6.58. The Bertz CT molecular complexity index is 358. The van der Waals surface area contributed by atoms with Crippen LogP contribution in [0.3, 0.4) is 0 Å². The molecule has 0 amide bonds. The summed E-state index contributed by atoms with van der Waals surface area (Å²) in [5.74, 6) is 0.258. The Morgan fingerprint density at radius 1 is 1.33 bits per heavy atom. The molecule has 1 heterocycles. The lowest BCUT2D eigenvalue weighted by molar-refractivity contribution is 0.0384. The Morgan fingerprint density at radius 3 is 2.83 bits per heavy atom. The quantitative estimate of drug-likeness (QED) is 0.522. The third kappa shape index (κ3) is 3.60. The summed E-state index contributed by atoms with van der Waals surface area (Å²) < 4.78 is 5.30. The van der Waals surface area contributed by atoms with Gasteiger partial charge in [-0.05, 0) is 12.1 Å². The molecule has 0 radical (unpaired) electrons. The third-order valence-corrected chi connectivity index (χ3v) is 3.20. The molecule has 4 N–H and O–H groups in total.